The van der Waals surface area contributed by atoms with Gasteiger partial charge in [0.2, 0.25) is 10.0 Å². The van der Waals surface area contributed by atoms with Crippen LogP contribution in [-0.2, 0) is 14.8 Å². The highest BCUT2D eigenvalue weighted by molar-refractivity contribution is 7.92. The summed E-state index contributed by atoms with van der Waals surface area (Å²) in [6.45, 7) is -0.0769. The van der Waals surface area contributed by atoms with Crippen molar-refractivity contribution in [1.82, 2.24) is 0 Å². The molecule has 0 aromatic heterocycles. The summed E-state index contributed by atoms with van der Waals surface area (Å²) in [5.41, 5.74) is 1.10. The van der Waals surface area contributed by atoms with Crippen LogP contribution in [0.3, 0.4) is 0 Å². The fourth-order valence-electron chi connectivity index (χ4n) is 3.20. The minimum atomic E-state index is -3.54. The third-order valence-corrected chi connectivity index (χ3v) is 5.62. The quantitative estimate of drug-likeness (QED) is 0.756. The van der Waals surface area contributed by atoms with Crippen LogP contribution in [0.15, 0.2) is 66.7 Å². The highest BCUT2D eigenvalue weighted by Gasteiger charge is 2.34. The molecule has 3 aromatic carbocycles. The number of sulfonamides is 1. The lowest BCUT2D eigenvalue weighted by atomic mass is 10.1. The molecular formula is C20H18N2O4S. The molecule has 1 aliphatic heterocycles. The minimum Gasteiger partial charge on any atom is -0.476 e. The van der Waals surface area contributed by atoms with Gasteiger partial charge in [-0.2, -0.15) is 0 Å². The Kier molecular flexibility index (Phi) is 4.24. The van der Waals surface area contributed by atoms with Gasteiger partial charge in [-0.3, -0.25) is 9.10 Å². The molecule has 0 spiro atoms. The summed E-state index contributed by atoms with van der Waals surface area (Å²) in [5.74, 6) is -0.0262. The number of benzene rings is 3. The van der Waals surface area contributed by atoms with Gasteiger partial charge >= 0.3 is 0 Å². The van der Waals surface area contributed by atoms with E-state index in [2.05, 4.69) is 5.32 Å². The summed E-state index contributed by atoms with van der Waals surface area (Å²) in [4.78, 5) is 12.8. The van der Waals surface area contributed by atoms with Crippen LogP contribution in [0.4, 0.5) is 11.4 Å². The van der Waals surface area contributed by atoms with E-state index in [1.807, 2.05) is 42.5 Å². The molecule has 4 rings (SSSR count). The molecule has 27 heavy (non-hydrogen) atoms. The first-order valence-electron chi connectivity index (χ1n) is 8.45. The van der Waals surface area contributed by atoms with Crippen LogP contribution >= 0.6 is 0 Å². The Bertz CT molecular complexity index is 1120. The Balaban J connectivity index is 1.65. The molecule has 7 heteroatoms. The molecular weight excluding hydrogens is 364 g/mol. The van der Waals surface area contributed by atoms with Crippen molar-refractivity contribution >= 4 is 38.1 Å². The fourth-order valence-corrected chi connectivity index (χ4v) is 4.11. The number of ether oxygens (including phenoxy) is 1. The molecule has 1 aliphatic rings. The van der Waals surface area contributed by atoms with Crippen LogP contribution in [0.1, 0.15) is 0 Å². The van der Waals surface area contributed by atoms with Gasteiger partial charge in [-0.05, 0) is 23.6 Å². The normalized spacial score (nSPS) is 16.5. The highest BCUT2D eigenvalue weighted by atomic mass is 32.2. The number of nitrogens with one attached hydrogen (secondary N) is 1. The number of hydrogen-bond donors (Lipinski definition) is 1. The van der Waals surface area contributed by atoms with Gasteiger partial charge < -0.3 is 10.1 Å². The first-order chi connectivity index (χ1) is 12.9. The maximum Gasteiger partial charge on any atom is 0.267 e. The molecule has 1 N–H and O–H groups in total. The minimum absolute atomic E-state index is 0.0769. The lowest BCUT2D eigenvalue weighted by Gasteiger charge is -2.33. The lowest BCUT2D eigenvalue weighted by Crippen LogP contribution is -2.48. The summed E-state index contributed by atoms with van der Waals surface area (Å²) in [7, 11) is -3.54. The zero-order chi connectivity index (χ0) is 19.0. The number of anilines is 2. The molecule has 0 aliphatic carbocycles. The van der Waals surface area contributed by atoms with Gasteiger partial charge in [-0.1, -0.05) is 48.5 Å². The topological polar surface area (TPSA) is 75.7 Å². The van der Waals surface area contributed by atoms with Crippen LogP contribution in [-0.4, -0.2) is 33.2 Å². The Hall–Kier alpha value is -3.06. The average molecular weight is 382 g/mol. The van der Waals surface area contributed by atoms with Crippen LogP contribution < -0.4 is 14.4 Å². The monoisotopic (exact) mass is 382 g/mol. The summed E-state index contributed by atoms with van der Waals surface area (Å²) in [5, 5.41) is 4.78. The first-order valence-corrected chi connectivity index (χ1v) is 10.3. The number of hydrogen-bond acceptors (Lipinski definition) is 4. The van der Waals surface area contributed by atoms with E-state index in [9.17, 15) is 13.2 Å². The summed E-state index contributed by atoms with van der Waals surface area (Å²) < 4.78 is 31.4. The van der Waals surface area contributed by atoms with Crippen molar-refractivity contribution in [1.29, 1.82) is 0 Å². The molecule has 138 valence electrons. The van der Waals surface area contributed by atoms with E-state index in [1.54, 1.807) is 24.3 Å². The Labute approximate surface area is 157 Å². The van der Waals surface area contributed by atoms with Crippen molar-refractivity contribution in [3.8, 4) is 5.75 Å². The second-order valence-corrected chi connectivity index (χ2v) is 8.29. The summed E-state index contributed by atoms with van der Waals surface area (Å²) >= 11 is 0. The van der Waals surface area contributed by atoms with Gasteiger partial charge in [0, 0.05) is 11.1 Å². The first kappa shape index (κ1) is 17.4. The van der Waals surface area contributed by atoms with Crippen LogP contribution in [0, 0.1) is 0 Å². The van der Waals surface area contributed by atoms with E-state index in [1.165, 1.54) is 4.31 Å². The van der Waals surface area contributed by atoms with E-state index in [0.717, 1.165) is 17.0 Å². The smallest absolute Gasteiger partial charge is 0.267 e. The summed E-state index contributed by atoms with van der Waals surface area (Å²) in [6, 6.07) is 20.1. The second-order valence-electron chi connectivity index (χ2n) is 6.38. The van der Waals surface area contributed by atoms with Crippen molar-refractivity contribution in [3.63, 3.8) is 0 Å². The molecule has 0 bridgehead atoms. The van der Waals surface area contributed by atoms with Crippen molar-refractivity contribution in [2.45, 2.75) is 6.10 Å². The molecule has 0 radical (unpaired) electrons. The number of carbonyl (C=O) groups excluding carboxylic acids is 1. The predicted molar refractivity (Wildman–Crippen MR) is 106 cm³/mol. The molecule has 6 nitrogen and oxygen atoms in total. The van der Waals surface area contributed by atoms with Crippen LogP contribution in [0.2, 0.25) is 0 Å². The third-order valence-electron chi connectivity index (χ3n) is 4.48. The van der Waals surface area contributed by atoms with Gasteiger partial charge in [0.25, 0.3) is 5.91 Å². The third kappa shape index (κ3) is 3.33. The van der Waals surface area contributed by atoms with Crippen molar-refractivity contribution in [2.75, 3.05) is 22.4 Å². The Morgan fingerprint density at radius 1 is 1.04 bits per heavy atom. The zero-order valence-electron chi connectivity index (χ0n) is 14.6. The maximum absolute atomic E-state index is 12.8. The van der Waals surface area contributed by atoms with Crippen molar-refractivity contribution in [3.05, 3.63) is 66.7 Å². The zero-order valence-corrected chi connectivity index (χ0v) is 15.4. The molecule has 0 unspecified atom stereocenters. The van der Waals surface area contributed by atoms with Gasteiger partial charge in [0.05, 0.1) is 18.5 Å². The van der Waals surface area contributed by atoms with Gasteiger partial charge in [-0.15, -0.1) is 0 Å². The molecule has 1 atom stereocenters. The van der Waals surface area contributed by atoms with E-state index < -0.39 is 22.0 Å². The van der Waals surface area contributed by atoms with E-state index >= 15 is 0 Å². The van der Waals surface area contributed by atoms with Crippen LogP contribution in [0.5, 0.6) is 5.75 Å². The molecule has 1 heterocycles. The predicted octanol–water partition coefficient (Wildman–Crippen LogP) is 3.01. The van der Waals surface area contributed by atoms with E-state index in [-0.39, 0.29) is 6.54 Å². The van der Waals surface area contributed by atoms with Gasteiger partial charge in [0.1, 0.15) is 5.75 Å². The largest absolute Gasteiger partial charge is 0.476 e. The maximum atomic E-state index is 12.8. The molecule has 0 fully saturated rings. The SMILES string of the molecule is CS(=O)(=O)N1C[C@@H](C(=O)Nc2cccc3ccccc23)Oc2ccccc21. The van der Waals surface area contributed by atoms with Crippen molar-refractivity contribution < 1.29 is 17.9 Å². The molecule has 0 saturated carbocycles. The molecule has 1 amide bonds. The number of rotatable bonds is 3. The van der Waals surface area contributed by atoms with E-state index in [4.69, 9.17) is 4.74 Å². The Morgan fingerprint density at radius 3 is 2.56 bits per heavy atom. The molecule has 0 saturated heterocycles. The number of carbonyl (C=O) groups is 1. The highest BCUT2D eigenvalue weighted by Crippen LogP contribution is 2.35. The number of para-hydroxylation sites is 2. The van der Waals surface area contributed by atoms with Gasteiger partial charge in [-0.25, -0.2) is 8.42 Å². The standard InChI is InChI=1S/C20H18N2O4S/c1-27(24,25)22-13-19(26-18-12-5-4-11-17(18)22)20(23)21-16-10-6-8-14-7-2-3-9-15(14)16/h2-12,19H,13H2,1H3,(H,21,23)/t19-/m0/s1. The number of nitrogens with zero attached hydrogens (tertiary/aromatic N) is 1. The Morgan fingerprint density at radius 2 is 1.74 bits per heavy atom. The van der Waals surface area contributed by atoms with Gasteiger partial charge in [0.15, 0.2) is 6.10 Å². The van der Waals surface area contributed by atoms with E-state index in [0.29, 0.717) is 17.1 Å². The fraction of sp³-hybridized carbons (Fsp3) is 0.150. The van der Waals surface area contributed by atoms with Crippen LogP contribution in [0.25, 0.3) is 10.8 Å². The number of amides is 1. The van der Waals surface area contributed by atoms with Crippen molar-refractivity contribution in [2.24, 2.45) is 0 Å². The molecule has 3 aromatic rings. The second kappa shape index (κ2) is 6.59. The average Bonchev–Trinajstić information content (AvgIpc) is 2.66. The number of fused-ring (bicyclic) bond motifs is 2. The lowest BCUT2D eigenvalue weighted by molar-refractivity contribution is -0.122. The summed E-state index contributed by atoms with van der Waals surface area (Å²) in [6.07, 6.45) is 0.169.